The monoisotopic (exact) mass is 311 g/mol. The van der Waals surface area contributed by atoms with Crippen molar-refractivity contribution >= 4 is 11.6 Å². The van der Waals surface area contributed by atoms with Gasteiger partial charge in [0.2, 0.25) is 0 Å². The molecule has 0 aliphatic carbocycles. The minimum Gasteiger partial charge on any atom is -0.497 e. The summed E-state index contributed by atoms with van der Waals surface area (Å²) in [6.07, 6.45) is 3.66. The van der Waals surface area contributed by atoms with Crippen molar-refractivity contribution in [2.75, 3.05) is 13.7 Å². The van der Waals surface area contributed by atoms with E-state index in [1.165, 1.54) is 6.20 Å². The number of pyridine rings is 1. The Morgan fingerprint density at radius 1 is 1.35 bits per heavy atom. The molecule has 0 spiro atoms. The van der Waals surface area contributed by atoms with Gasteiger partial charge in [0, 0.05) is 18.8 Å². The third-order valence-electron chi connectivity index (χ3n) is 3.57. The summed E-state index contributed by atoms with van der Waals surface area (Å²) in [5.41, 5.74) is 2.39. The molecule has 0 fully saturated rings. The Balaban J connectivity index is 1.52. The molecule has 0 radical (unpaired) electrons. The van der Waals surface area contributed by atoms with Crippen LogP contribution in [-0.2, 0) is 4.84 Å². The highest BCUT2D eigenvalue weighted by Gasteiger charge is 2.22. The van der Waals surface area contributed by atoms with Crippen LogP contribution in [0.3, 0.4) is 0 Å². The van der Waals surface area contributed by atoms with Crippen molar-refractivity contribution < 1.29 is 14.4 Å². The molecule has 2 aromatic rings. The standard InChI is InChI=1S/C17H17N3O3/c1-22-14-6-4-12(5-7-14)16-9-15(23-20-16)11-19-17(21)13-3-2-8-18-10-13/h2-8,10,15H,9,11H2,1H3,(H,19,21). The van der Waals surface area contributed by atoms with Gasteiger partial charge >= 0.3 is 0 Å². The zero-order chi connectivity index (χ0) is 16.1. The van der Waals surface area contributed by atoms with E-state index in [0.29, 0.717) is 18.5 Å². The van der Waals surface area contributed by atoms with E-state index in [-0.39, 0.29) is 12.0 Å². The Kier molecular flexibility index (Phi) is 4.52. The highest BCUT2D eigenvalue weighted by Crippen LogP contribution is 2.19. The molecule has 6 heteroatoms. The summed E-state index contributed by atoms with van der Waals surface area (Å²) in [7, 11) is 1.63. The molecule has 1 unspecified atom stereocenters. The van der Waals surface area contributed by atoms with Crippen LogP contribution >= 0.6 is 0 Å². The van der Waals surface area contributed by atoms with Gasteiger partial charge in [-0.15, -0.1) is 0 Å². The molecule has 118 valence electrons. The Labute approximate surface area is 134 Å². The summed E-state index contributed by atoms with van der Waals surface area (Å²) in [6.45, 7) is 0.400. The Morgan fingerprint density at radius 2 is 2.17 bits per heavy atom. The van der Waals surface area contributed by atoms with Crippen LogP contribution in [0.5, 0.6) is 5.75 Å². The van der Waals surface area contributed by atoms with Crippen molar-refractivity contribution in [1.82, 2.24) is 10.3 Å². The number of benzene rings is 1. The summed E-state index contributed by atoms with van der Waals surface area (Å²) in [4.78, 5) is 21.3. The molecule has 0 saturated heterocycles. The van der Waals surface area contributed by atoms with Gasteiger partial charge in [-0.2, -0.15) is 0 Å². The van der Waals surface area contributed by atoms with Gasteiger partial charge in [0.15, 0.2) is 0 Å². The first-order valence-electron chi connectivity index (χ1n) is 7.31. The molecule has 6 nitrogen and oxygen atoms in total. The quantitative estimate of drug-likeness (QED) is 0.917. The van der Waals surface area contributed by atoms with Gasteiger partial charge in [-0.3, -0.25) is 9.78 Å². The first kappa shape index (κ1) is 15.0. The fraction of sp³-hybridized carbons (Fsp3) is 0.235. The molecule has 0 saturated carbocycles. The van der Waals surface area contributed by atoms with Gasteiger partial charge < -0.3 is 14.9 Å². The topological polar surface area (TPSA) is 72.8 Å². The molecule has 23 heavy (non-hydrogen) atoms. The van der Waals surface area contributed by atoms with Crippen LogP contribution in [0.2, 0.25) is 0 Å². The maximum Gasteiger partial charge on any atom is 0.252 e. The van der Waals surface area contributed by atoms with E-state index < -0.39 is 0 Å². The number of amides is 1. The van der Waals surface area contributed by atoms with Crippen LogP contribution in [0.1, 0.15) is 22.3 Å². The second-order valence-electron chi connectivity index (χ2n) is 5.15. The van der Waals surface area contributed by atoms with E-state index in [9.17, 15) is 4.79 Å². The van der Waals surface area contributed by atoms with Gasteiger partial charge in [-0.05, 0) is 42.0 Å². The number of nitrogens with one attached hydrogen (secondary N) is 1. The lowest BCUT2D eigenvalue weighted by Gasteiger charge is -2.09. The highest BCUT2D eigenvalue weighted by molar-refractivity contribution is 6.01. The van der Waals surface area contributed by atoms with Gasteiger partial charge in [-0.1, -0.05) is 5.16 Å². The molecular formula is C17H17N3O3. The van der Waals surface area contributed by atoms with Crippen molar-refractivity contribution in [1.29, 1.82) is 0 Å². The van der Waals surface area contributed by atoms with Crippen LogP contribution in [0.15, 0.2) is 53.9 Å². The molecular weight excluding hydrogens is 294 g/mol. The second-order valence-corrected chi connectivity index (χ2v) is 5.15. The summed E-state index contributed by atoms with van der Waals surface area (Å²) in [6, 6.07) is 11.1. The molecule has 1 aromatic heterocycles. The van der Waals surface area contributed by atoms with Crippen LogP contribution in [-0.4, -0.2) is 36.4 Å². The summed E-state index contributed by atoms with van der Waals surface area (Å²) >= 11 is 0. The number of ether oxygens (including phenoxy) is 1. The van der Waals surface area contributed by atoms with E-state index in [2.05, 4.69) is 15.5 Å². The minimum atomic E-state index is -0.167. The van der Waals surface area contributed by atoms with E-state index in [1.54, 1.807) is 25.4 Å². The average molecular weight is 311 g/mol. The Morgan fingerprint density at radius 3 is 2.87 bits per heavy atom. The van der Waals surface area contributed by atoms with Gasteiger partial charge in [0.25, 0.3) is 5.91 Å². The van der Waals surface area contributed by atoms with Crippen LogP contribution < -0.4 is 10.1 Å². The van der Waals surface area contributed by atoms with Gasteiger partial charge in [0.05, 0.1) is 24.9 Å². The van der Waals surface area contributed by atoms with E-state index >= 15 is 0 Å². The number of rotatable bonds is 5. The Hall–Kier alpha value is -2.89. The predicted molar refractivity (Wildman–Crippen MR) is 85.6 cm³/mol. The molecule has 0 bridgehead atoms. The maximum atomic E-state index is 12.0. The molecule has 1 amide bonds. The molecule has 1 atom stereocenters. The fourth-order valence-corrected chi connectivity index (χ4v) is 2.30. The summed E-state index contributed by atoms with van der Waals surface area (Å²) in [5.74, 6) is 0.633. The number of nitrogens with zero attached hydrogens (tertiary/aromatic N) is 2. The van der Waals surface area contributed by atoms with Crippen molar-refractivity contribution in [3.8, 4) is 5.75 Å². The Bertz CT molecular complexity index is 699. The minimum absolute atomic E-state index is 0.160. The lowest BCUT2D eigenvalue weighted by atomic mass is 10.0. The SMILES string of the molecule is COc1ccc(C2=NOC(CNC(=O)c3cccnc3)C2)cc1. The number of methoxy groups -OCH3 is 1. The highest BCUT2D eigenvalue weighted by atomic mass is 16.6. The van der Waals surface area contributed by atoms with Crippen LogP contribution in [0, 0.1) is 0 Å². The van der Waals surface area contributed by atoms with Crippen molar-refractivity contribution in [3.05, 3.63) is 59.9 Å². The largest absolute Gasteiger partial charge is 0.497 e. The second kappa shape index (κ2) is 6.91. The fourth-order valence-electron chi connectivity index (χ4n) is 2.30. The lowest BCUT2D eigenvalue weighted by molar-refractivity contribution is 0.0753. The molecule has 1 aliphatic heterocycles. The summed E-state index contributed by atoms with van der Waals surface area (Å²) in [5, 5.41) is 6.94. The smallest absolute Gasteiger partial charge is 0.252 e. The van der Waals surface area contributed by atoms with Crippen LogP contribution in [0.4, 0.5) is 0 Å². The zero-order valence-corrected chi connectivity index (χ0v) is 12.7. The average Bonchev–Trinajstić information content (AvgIpc) is 3.09. The summed E-state index contributed by atoms with van der Waals surface area (Å²) < 4.78 is 5.14. The normalized spacial score (nSPS) is 16.4. The number of hydrogen-bond donors (Lipinski definition) is 1. The predicted octanol–water partition coefficient (Wildman–Crippen LogP) is 2.01. The number of aromatic nitrogens is 1. The van der Waals surface area contributed by atoms with E-state index in [1.807, 2.05) is 24.3 Å². The molecule has 1 aromatic carbocycles. The number of oxime groups is 1. The number of carbonyl (C=O) groups is 1. The van der Waals surface area contributed by atoms with Gasteiger partial charge in [0.1, 0.15) is 11.9 Å². The molecule has 2 heterocycles. The van der Waals surface area contributed by atoms with Gasteiger partial charge in [-0.25, -0.2) is 0 Å². The maximum absolute atomic E-state index is 12.0. The number of hydrogen-bond acceptors (Lipinski definition) is 5. The third-order valence-corrected chi connectivity index (χ3v) is 3.57. The van der Waals surface area contributed by atoms with E-state index in [0.717, 1.165) is 17.0 Å². The first-order chi connectivity index (χ1) is 11.3. The van der Waals surface area contributed by atoms with Crippen molar-refractivity contribution in [3.63, 3.8) is 0 Å². The van der Waals surface area contributed by atoms with Crippen LogP contribution in [0.25, 0.3) is 0 Å². The molecule has 3 rings (SSSR count). The third kappa shape index (κ3) is 3.66. The zero-order valence-electron chi connectivity index (χ0n) is 12.7. The first-order valence-corrected chi connectivity index (χ1v) is 7.31. The number of carbonyl (C=O) groups excluding carboxylic acids is 1. The molecule has 1 aliphatic rings. The van der Waals surface area contributed by atoms with E-state index in [4.69, 9.17) is 9.57 Å². The van der Waals surface area contributed by atoms with Crippen molar-refractivity contribution in [2.45, 2.75) is 12.5 Å². The molecule has 1 N–H and O–H groups in total. The lowest BCUT2D eigenvalue weighted by Crippen LogP contribution is -2.32. The van der Waals surface area contributed by atoms with Crippen molar-refractivity contribution in [2.24, 2.45) is 5.16 Å².